The summed E-state index contributed by atoms with van der Waals surface area (Å²) in [6, 6.07) is 41.4. The standard InChI is InChI=1S/C24H22N6O2.C21H15ClN6.C21H16N6/c1-31-20-6-5-15(12-21(20)32-2)7-11-27-24-28-13-18-16-8-10-25-14-19(16)29-23-17(22(18)30-24)4-3-9-26-23;22-14-5-3-13(4-6-14)10-25-21-26-11-17-15-7-9-23-12-18(15)27-20-16(19(17)28-21)2-1-8-24-20;1-2-5-14(6-3-1)11-24-21-25-12-17-15-8-10-22-13-18(15)26-20-16(19(17)27-21)7-4-9-23-20/h3-6,8-10,12-14H,7,11H2,1-2H3,(H,26,29)(H,27,28,30);1-9,11-12H,10H2,(H,24,27)(H,25,26,28);1-10,12-13H,11H2,(H,23,26)(H,24,25,27). The van der Waals surface area contributed by atoms with Crippen LogP contribution < -0.4 is 41.4 Å². The van der Waals surface area contributed by atoms with Gasteiger partial charge in [0.1, 0.15) is 17.5 Å². The maximum atomic E-state index is 5.95. The molecule has 0 bridgehead atoms. The van der Waals surface area contributed by atoms with Crippen LogP contribution in [0.25, 0.3) is 67.2 Å². The summed E-state index contributed by atoms with van der Waals surface area (Å²) in [6.07, 6.45) is 22.3. The molecule has 0 radical (unpaired) electrons. The monoisotopic (exact) mass is 1160 g/mol. The minimum Gasteiger partial charge on any atom is -0.493 e. The number of hydrogen-bond donors (Lipinski definition) is 6. The van der Waals surface area contributed by atoms with E-state index in [0.29, 0.717) is 37.5 Å². The average Bonchev–Trinajstić information content (AvgIpc) is 2.29. The lowest BCUT2D eigenvalue weighted by atomic mass is 10.0. The van der Waals surface area contributed by atoms with E-state index in [9.17, 15) is 0 Å². The molecule has 0 unspecified atom stereocenters. The third-order valence-corrected chi connectivity index (χ3v) is 14.7. The van der Waals surface area contributed by atoms with Gasteiger partial charge in [0.15, 0.2) is 11.5 Å². The van der Waals surface area contributed by atoms with Crippen molar-refractivity contribution >= 4 is 64.0 Å². The van der Waals surface area contributed by atoms with Crippen LogP contribution in [0.1, 0.15) is 16.7 Å². The first kappa shape index (κ1) is 54.7. The maximum absolute atomic E-state index is 5.95. The van der Waals surface area contributed by atoms with Gasteiger partial charge in [0.25, 0.3) is 0 Å². The number of rotatable bonds is 12. The Morgan fingerprint density at radius 3 is 1.25 bits per heavy atom. The fourth-order valence-electron chi connectivity index (χ4n) is 10.2. The topological polar surface area (TPSA) is 245 Å². The molecule has 15 rings (SSSR count). The van der Waals surface area contributed by atoms with E-state index in [0.717, 1.165) is 136 Å². The van der Waals surface area contributed by atoms with Crippen LogP contribution in [0, 0.1) is 0 Å². The Labute approximate surface area is 505 Å². The van der Waals surface area contributed by atoms with E-state index in [-0.39, 0.29) is 0 Å². The van der Waals surface area contributed by atoms with Crippen molar-refractivity contribution in [2.45, 2.75) is 19.5 Å². The van der Waals surface area contributed by atoms with Crippen molar-refractivity contribution in [3.8, 4) is 78.7 Å². The lowest BCUT2D eigenvalue weighted by molar-refractivity contribution is 0.354. The van der Waals surface area contributed by atoms with Crippen LogP contribution in [-0.4, -0.2) is 80.6 Å². The number of pyridine rings is 6. The third-order valence-electron chi connectivity index (χ3n) is 14.4. The van der Waals surface area contributed by atoms with E-state index < -0.39 is 0 Å². The van der Waals surface area contributed by atoms with Crippen LogP contribution in [0.4, 0.5) is 52.4 Å². The molecule has 6 N–H and O–H groups in total. The van der Waals surface area contributed by atoms with Crippen LogP contribution >= 0.6 is 11.6 Å². The summed E-state index contributed by atoms with van der Waals surface area (Å²) in [5.74, 6) is 5.40. The molecule has 9 aromatic heterocycles. The molecule has 426 valence electrons. The molecule has 12 aromatic rings. The number of halogens is 1. The number of aromatic nitrogens is 12. The van der Waals surface area contributed by atoms with E-state index in [2.05, 4.69) is 88.9 Å². The predicted molar refractivity (Wildman–Crippen MR) is 340 cm³/mol. The number of hydrogen-bond acceptors (Lipinski definition) is 20. The molecule has 3 aliphatic heterocycles. The first-order valence-corrected chi connectivity index (χ1v) is 28.1. The normalized spacial score (nSPS) is 11.4. The van der Waals surface area contributed by atoms with Gasteiger partial charge in [-0.05, 0) is 102 Å². The fraction of sp³-hybridized carbons (Fsp3) is 0.0909. The summed E-state index contributed by atoms with van der Waals surface area (Å²) in [4.78, 5) is 54.2. The first-order valence-electron chi connectivity index (χ1n) is 27.8. The zero-order valence-corrected chi connectivity index (χ0v) is 47.7. The van der Waals surface area contributed by atoms with Crippen molar-refractivity contribution < 1.29 is 9.47 Å². The van der Waals surface area contributed by atoms with Crippen molar-refractivity contribution in [2.75, 3.05) is 52.7 Å². The zero-order chi connectivity index (χ0) is 58.9. The van der Waals surface area contributed by atoms with Crippen molar-refractivity contribution in [3.63, 3.8) is 0 Å². The summed E-state index contributed by atoms with van der Waals surface area (Å²) in [6.45, 7) is 1.94. The Morgan fingerprint density at radius 2 is 0.805 bits per heavy atom. The second-order valence-corrected chi connectivity index (χ2v) is 20.3. The molecule has 3 aromatic carbocycles. The number of methoxy groups -OCH3 is 2. The van der Waals surface area contributed by atoms with Crippen molar-refractivity contribution in [1.29, 1.82) is 0 Å². The van der Waals surface area contributed by atoms with Gasteiger partial charge >= 0.3 is 0 Å². The molecule has 0 saturated heterocycles. The summed E-state index contributed by atoms with van der Waals surface area (Å²) < 4.78 is 10.7. The van der Waals surface area contributed by atoms with Gasteiger partial charge in [0.05, 0.1) is 67.0 Å². The molecule has 21 heteroatoms. The molecule has 87 heavy (non-hydrogen) atoms. The molecule has 0 fully saturated rings. The Balaban J connectivity index is 0.000000121. The van der Waals surface area contributed by atoms with Gasteiger partial charge in [0, 0.05) is 130 Å². The SMILES string of the molecule is COc1ccc(CCNc2ncc3c(n2)-c2cccnc2Nc2cnccc2-3)cc1OC.Clc1ccc(CNc2ncc3c(n2)-c2cccnc2Nc2cnccc2-3)cc1.c1ccc(CNc2ncc3c(n2)-c2cccnc2Nc2cnccc2-3)cc1. The van der Waals surface area contributed by atoms with Gasteiger partial charge in [-0.25, -0.2) is 44.9 Å². The summed E-state index contributed by atoms with van der Waals surface area (Å²) in [5.41, 5.74) is 17.2. The number of nitrogens with zero attached hydrogens (tertiary/aromatic N) is 12. The van der Waals surface area contributed by atoms with Gasteiger partial charge in [-0.2, -0.15) is 0 Å². The van der Waals surface area contributed by atoms with Crippen LogP contribution in [0.15, 0.2) is 202 Å². The molecule has 0 amide bonds. The summed E-state index contributed by atoms with van der Waals surface area (Å²) in [7, 11) is 3.27. The minimum atomic E-state index is 0.556. The molecule has 0 saturated carbocycles. The van der Waals surface area contributed by atoms with Gasteiger partial charge in [-0.3, -0.25) is 15.0 Å². The third kappa shape index (κ3) is 12.0. The highest BCUT2D eigenvalue weighted by atomic mass is 35.5. The lowest BCUT2D eigenvalue weighted by Crippen LogP contribution is -2.09. The van der Waals surface area contributed by atoms with Gasteiger partial charge in [0.2, 0.25) is 17.8 Å². The van der Waals surface area contributed by atoms with E-state index in [4.69, 9.17) is 36.0 Å². The quantitative estimate of drug-likeness (QED) is 0.0666. The largest absolute Gasteiger partial charge is 0.493 e. The van der Waals surface area contributed by atoms with Crippen molar-refractivity contribution in [3.05, 3.63) is 223 Å². The number of fused-ring (bicyclic) bond motifs is 15. The van der Waals surface area contributed by atoms with Crippen LogP contribution in [-0.2, 0) is 19.5 Å². The highest BCUT2D eigenvalue weighted by molar-refractivity contribution is 6.30. The van der Waals surface area contributed by atoms with E-state index in [1.165, 1.54) is 5.56 Å². The van der Waals surface area contributed by atoms with Crippen molar-refractivity contribution in [1.82, 2.24) is 59.8 Å². The van der Waals surface area contributed by atoms with Crippen LogP contribution in [0.3, 0.4) is 0 Å². The van der Waals surface area contributed by atoms with Crippen molar-refractivity contribution in [2.24, 2.45) is 0 Å². The molecule has 20 nitrogen and oxygen atoms in total. The maximum Gasteiger partial charge on any atom is 0.223 e. The second-order valence-electron chi connectivity index (χ2n) is 19.9. The first-order chi connectivity index (χ1) is 42.9. The lowest BCUT2D eigenvalue weighted by Gasteiger charge is -2.12. The molecule has 12 heterocycles. The summed E-state index contributed by atoms with van der Waals surface area (Å²) >= 11 is 5.95. The minimum absolute atomic E-state index is 0.556. The molecule has 0 spiro atoms. The Bertz CT molecular complexity index is 4450. The Kier molecular flexibility index (Phi) is 15.8. The molecule has 3 aliphatic rings. The number of benzene rings is 3. The smallest absolute Gasteiger partial charge is 0.223 e. The predicted octanol–water partition coefficient (Wildman–Crippen LogP) is 13.5. The zero-order valence-electron chi connectivity index (χ0n) is 46.9. The Hall–Kier alpha value is -11.5. The molecular weight excluding hydrogens is 1110 g/mol. The molecular formula is C66H53ClN18O2. The fourth-order valence-corrected chi connectivity index (χ4v) is 10.3. The Morgan fingerprint density at radius 1 is 0.379 bits per heavy atom. The van der Waals surface area contributed by atoms with E-state index in [1.807, 2.05) is 134 Å². The highest BCUT2D eigenvalue weighted by Gasteiger charge is 2.25. The van der Waals surface area contributed by atoms with E-state index >= 15 is 0 Å². The van der Waals surface area contributed by atoms with Crippen LogP contribution in [0.5, 0.6) is 11.5 Å². The van der Waals surface area contributed by atoms with Gasteiger partial charge < -0.3 is 41.4 Å². The molecule has 0 atom stereocenters. The number of anilines is 9. The van der Waals surface area contributed by atoms with Crippen LogP contribution in [0.2, 0.25) is 5.02 Å². The second kappa shape index (κ2) is 25.1. The highest BCUT2D eigenvalue weighted by Crippen LogP contribution is 2.45. The average molecular weight is 1170 g/mol. The molecule has 0 aliphatic carbocycles. The number of nitrogens with one attached hydrogen (secondary N) is 6. The van der Waals surface area contributed by atoms with E-state index in [1.54, 1.807) is 70.0 Å². The van der Waals surface area contributed by atoms with Gasteiger partial charge in [-0.1, -0.05) is 60.1 Å². The number of ether oxygens (including phenoxy) is 2. The van der Waals surface area contributed by atoms with Gasteiger partial charge in [-0.15, -0.1) is 0 Å². The summed E-state index contributed by atoms with van der Waals surface area (Å²) in [5, 5.41) is 20.7.